The van der Waals surface area contributed by atoms with Crippen LogP contribution in [0.15, 0.2) is 5.38 Å². The summed E-state index contributed by atoms with van der Waals surface area (Å²) in [6.07, 6.45) is 0. The summed E-state index contributed by atoms with van der Waals surface area (Å²) in [6, 6.07) is 0.510. The largest absolute Gasteiger partial charge is 0.358 e. The second kappa shape index (κ2) is 5.50. The summed E-state index contributed by atoms with van der Waals surface area (Å²) >= 11 is 3.64. The predicted octanol–water partition coefficient (Wildman–Crippen LogP) is 3.01. The fraction of sp³-hybridized carbons (Fsp3) is 0.667. The molecule has 1 rings (SSSR count). The standard InChI is InChI=1S/C9H16N2S2/c1-4-12-5-7(2)10-9-11-8(3)6-13-9/h6-7H,4-5H2,1-3H3,(H,10,11). The number of rotatable bonds is 5. The molecule has 0 saturated carbocycles. The van der Waals surface area contributed by atoms with Crippen LogP contribution in [0, 0.1) is 6.92 Å². The van der Waals surface area contributed by atoms with Gasteiger partial charge in [-0.1, -0.05) is 6.92 Å². The van der Waals surface area contributed by atoms with Crippen LogP contribution in [0.25, 0.3) is 0 Å². The van der Waals surface area contributed by atoms with E-state index in [0.717, 1.165) is 16.6 Å². The lowest BCUT2D eigenvalue weighted by molar-refractivity contribution is 0.908. The Kier molecular flexibility index (Phi) is 4.59. The van der Waals surface area contributed by atoms with Crippen molar-refractivity contribution in [3.8, 4) is 0 Å². The molecule has 1 atom stereocenters. The Labute approximate surface area is 88.2 Å². The van der Waals surface area contributed by atoms with Crippen LogP contribution >= 0.6 is 23.1 Å². The van der Waals surface area contributed by atoms with Crippen LogP contribution in [0.5, 0.6) is 0 Å². The Balaban J connectivity index is 2.31. The van der Waals surface area contributed by atoms with Gasteiger partial charge in [-0.3, -0.25) is 0 Å². The van der Waals surface area contributed by atoms with Gasteiger partial charge in [-0.05, 0) is 19.6 Å². The van der Waals surface area contributed by atoms with Crippen LogP contribution in [0.2, 0.25) is 0 Å². The van der Waals surface area contributed by atoms with E-state index in [2.05, 4.69) is 29.5 Å². The topological polar surface area (TPSA) is 24.9 Å². The third-order valence-electron chi connectivity index (χ3n) is 1.56. The zero-order valence-electron chi connectivity index (χ0n) is 8.33. The first-order valence-corrected chi connectivity index (χ1v) is 6.52. The highest BCUT2D eigenvalue weighted by molar-refractivity contribution is 7.99. The minimum absolute atomic E-state index is 0.510. The molecular weight excluding hydrogens is 200 g/mol. The van der Waals surface area contributed by atoms with E-state index in [1.165, 1.54) is 5.75 Å². The third kappa shape index (κ3) is 4.00. The normalized spacial score (nSPS) is 12.8. The second-order valence-corrected chi connectivity index (χ2v) is 5.18. The lowest BCUT2D eigenvalue weighted by Gasteiger charge is -2.11. The molecule has 1 aromatic rings. The minimum Gasteiger partial charge on any atom is -0.358 e. The highest BCUT2D eigenvalue weighted by Gasteiger charge is 2.03. The van der Waals surface area contributed by atoms with Gasteiger partial charge in [0.25, 0.3) is 0 Å². The zero-order chi connectivity index (χ0) is 9.68. The smallest absolute Gasteiger partial charge is 0.183 e. The van der Waals surface area contributed by atoms with Crippen molar-refractivity contribution in [1.29, 1.82) is 0 Å². The van der Waals surface area contributed by atoms with E-state index in [0.29, 0.717) is 6.04 Å². The van der Waals surface area contributed by atoms with Gasteiger partial charge in [0, 0.05) is 17.2 Å². The number of aromatic nitrogens is 1. The molecule has 0 saturated heterocycles. The first-order chi connectivity index (χ1) is 6.22. The van der Waals surface area contributed by atoms with E-state index in [9.17, 15) is 0 Å². The maximum Gasteiger partial charge on any atom is 0.183 e. The quantitative estimate of drug-likeness (QED) is 0.819. The summed E-state index contributed by atoms with van der Waals surface area (Å²) in [5, 5.41) is 6.50. The van der Waals surface area contributed by atoms with Crippen molar-refractivity contribution in [2.75, 3.05) is 16.8 Å². The van der Waals surface area contributed by atoms with Crippen molar-refractivity contribution in [3.63, 3.8) is 0 Å². The first-order valence-electron chi connectivity index (χ1n) is 4.48. The molecule has 1 aromatic heterocycles. The maximum atomic E-state index is 4.36. The lowest BCUT2D eigenvalue weighted by Crippen LogP contribution is -2.17. The summed E-state index contributed by atoms with van der Waals surface area (Å²) < 4.78 is 0. The summed E-state index contributed by atoms with van der Waals surface area (Å²) in [6.45, 7) is 6.40. The van der Waals surface area contributed by atoms with Gasteiger partial charge >= 0.3 is 0 Å². The van der Waals surface area contributed by atoms with Gasteiger partial charge in [-0.15, -0.1) is 11.3 Å². The predicted molar refractivity (Wildman–Crippen MR) is 62.9 cm³/mol. The fourth-order valence-electron chi connectivity index (χ4n) is 0.967. The highest BCUT2D eigenvalue weighted by atomic mass is 32.2. The molecule has 0 aliphatic heterocycles. The molecule has 13 heavy (non-hydrogen) atoms. The van der Waals surface area contributed by atoms with Gasteiger partial charge in [0.1, 0.15) is 0 Å². The van der Waals surface area contributed by atoms with E-state index >= 15 is 0 Å². The molecule has 1 unspecified atom stereocenters. The number of thiazole rings is 1. The number of aryl methyl sites for hydroxylation is 1. The van der Waals surface area contributed by atoms with Gasteiger partial charge in [0.05, 0.1) is 5.69 Å². The van der Waals surface area contributed by atoms with Crippen LogP contribution in [-0.2, 0) is 0 Å². The number of hydrogen-bond acceptors (Lipinski definition) is 4. The van der Waals surface area contributed by atoms with Crippen LogP contribution in [0.4, 0.5) is 5.13 Å². The molecule has 4 heteroatoms. The molecule has 74 valence electrons. The van der Waals surface area contributed by atoms with Gasteiger partial charge in [0.15, 0.2) is 5.13 Å². The second-order valence-electron chi connectivity index (χ2n) is 3.00. The molecular formula is C9H16N2S2. The number of thioether (sulfide) groups is 1. The van der Waals surface area contributed by atoms with Crippen molar-refractivity contribution in [1.82, 2.24) is 4.98 Å². The molecule has 0 aromatic carbocycles. The Morgan fingerprint density at radius 3 is 3.00 bits per heavy atom. The van der Waals surface area contributed by atoms with Crippen LogP contribution in [-0.4, -0.2) is 22.5 Å². The molecule has 0 spiro atoms. The average Bonchev–Trinajstić information content (AvgIpc) is 2.48. The molecule has 0 bridgehead atoms. The number of nitrogens with one attached hydrogen (secondary N) is 1. The lowest BCUT2D eigenvalue weighted by atomic mass is 10.4. The van der Waals surface area contributed by atoms with Crippen molar-refractivity contribution in [2.24, 2.45) is 0 Å². The molecule has 1 N–H and O–H groups in total. The highest BCUT2D eigenvalue weighted by Crippen LogP contribution is 2.16. The van der Waals surface area contributed by atoms with E-state index in [4.69, 9.17) is 0 Å². The first kappa shape index (κ1) is 10.9. The Morgan fingerprint density at radius 2 is 2.46 bits per heavy atom. The Bertz CT molecular complexity index is 248. The molecule has 2 nitrogen and oxygen atoms in total. The molecule has 0 aliphatic rings. The molecule has 1 heterocycles. The Hall–Kier alpha value is -0.220. The van der Waals surface area contributed by atoms with Gasteiger partial charge in [0.2, 0.25) is 0 Å². The van der Waals surface area contributed by atoms with Gasteiger partial charge < -0.3 is 5.32 Å². The fourth-order valence-corrected chi connectivity index (χ4v) is 2.44. The van der Waals surface area contributed by atoms with E-state index in [1.54, 1.807) is 11.3 Å². The summed E-state index contributed by atoms with van der Waals surface area (Å²) in [7, 11) is 0. The average molecular weight is 216 g/mol. The summed E-state index contributed by atoms with van der Waals surface area (Å²) in [5.41, 5.74) is 1.10. The number of nitrogens with zero attached hydrogens (tertiary/aromatic N) is 1. The Morgan fingerprint density at radius 1 is 1.69 bits per heavy atom. The maximum absolute atomic E-state index is 4.36. The van der Waals surface area contributed by atoms with Gasteiger partial charge in [-0.2, -0.15) is 11.8 Å². The van der Waals surface area contributed by atoms with E-state index in [-0.39, 0.29) is 0 Å². The van der Waals surface area contributed by atoms with Crippen molar-refractivity contribution in [3.05, 3.63) is 11.1 Å². The number of hydrogen-bond donors (Lipinski definition) is 1. The van der Waals surface area contributed by atoms with E-state index < -0.39 is 0 Å². The number of anilines is 1. The van der Waals surface area contributed by atoms with E-state index in [1.807, 2.05) is 18.7 Å². The minimum atomic E-state index is 0.510. The van der Waals surface area contributed by atoms with Crippen molar-refractivity contribution < 1.29 is 0 Å². The van der Waals surface area contributed by atoms with Crippen molar-refractivity contribution >= 4 is 28.2 Å². The summed E-state index contributed by atoms with van der Waals surface area (Å²) in [4.78, 5) is 4.36. The molecule has 0 radical (unpaired) electrons. The molecule has 0 amide bonds. The third-order valence-corrected chi connectivity index (χ3v) is 3.60. The monoisotopic (exact) mass is 216 g/mol. The SMILES string of the molecule is CCSCC(C)Nc1nc(C)cs1. The van der Waals surface area contributed by atoms with Crippen LogP contribution < -0.4 is 5.32 Å². The summed E-state index contributed by atoms with van der Waals surface area (Å²) in [5.74, 6) is 2.33. The zero-order valence-corrected chi connectivity index (χ0v) is 9.97. The van der Waals surface area contributed by atoms with Crippen LogP contribution in [0.1, 0.15) is 19.5 Å². The van der Waals surface area contributed by atoms with Crippen molar-refractivity contribution in [2.45, 2.75) is 26.8 Å². The molecule has 0 aliphatic carbocycles. The molecule has 0 fully saturated rings. The van der Waals surface area contributed by atoms with Gasteiger partial charge in [-0.25, -0.2) is 4.98 Å². The van der Waals surface area contributed by atoms with Crippen LogP contribution in [0.3, 0.4) is 0 Å².